The molecule has 1 rings (SSSR count). The van der Waals surface area contributed by atoms with Gasteiger partial charge in [-0.05, 0) is 57.6 Å². The maximum Gasteiger partial charge on any atom is 0.251 e. The molecule has 0 bridgehead atoms. The van der Waals surface area contributed by atoms with E-state index in [-0.39, 0.29) is 29.9 Å². The Morgan fingerprint density at radius 3 is 2.25 bits per heavy atom. The van der Waals surface area contributed by atoms with Crippen molar-refractivity contribution in [3.8, 4) is 0 Å². The Hall–Kier alpha value is -1.54. The van der Waals surface area contributed by atoms with Crippen LogP contribution in [0.4, 0.5) is 0 Å². The molecule has 1 fully saturated rings. The fourth-order valence-corrected chi connectivity index (χ4v) is 5.42. The molecule has 7 nitrogen and oxygen atoms in total. The van der Waals surface area contributed by atoms with E-state index in [9.17, 15) is 19.6 Å². The quantitative estimate of drug-likeness (QED) is 0.295. The van der Waals surface area contributed by atoms with E-state index in [4.69, 9.17) is 0 Å². The normalized spacial score (nSPS) is 16.9. The number of hydrogen-bond acceptors (Lipinski definition) is 5. The molecule has 0 unspecified atom stereocenters. The minimum Gasteiger partial charge on any atom is -0.357 e. The van der Waals surface area contributed by atoms with Crippen LogP contribution in [0.3, 0.4) is 0 Å². The molecule has 32 heavy (non-hydrogen) atoms. The largest absolute Gasteiger partial charge is 0.357 e. The van der Waals surface area contributed by atoms with Crippen molar-refractivity contribution in [2.75, 3.05) is 12.8 Å². The summed E-state index contributed by atoms with van der Waals surface area (Å²) in [6.07, 6.45) is 6.59. The number of carbonyl (C=O) groups excluding carboxylic acids is 3. The van der Waals surface area contributed by atoms with Crippen LogP contribution in [0.2, 0.25) is 0 Å². The Kier molecular flexibility index (Phi) is 11.8. The Bertz CT molecular complexity index is 660. The summed E-state index contributed by atoms with van der Waals surface area (Å²) in [5.41, 5.74) is 0.196. The predicted molar refractivity (Wildman–Crippen MR) is 130 cm³/mol. The fourth-order valence-electron chi connectivity index (χ4n) is 4.09. The van der Waals surface area contributed by atoms with E-state index in [1.807, 2.05) is 27.7 Å². The summed E-state index contributed by atoms with van der Waals surface area (Å²) < 4.78 is -0.514. The van der Waals surface area contributed by atoms with E-state index in [2.05, 4.69) is 17.2 Å². The molecular weight excluding hydrogens is 426 g/mol. The van der Waals surface area contributed by atoms with E-state index in [1.54, 1.807) is 18.8 Å². The number of hydroxylamine groups is 2. The van der Waals surface area contributed by atoms with Crippen molar-refractivity contribution in [3.63, 3.8) is 0 Å². The van der Waals surface area contributed by atoms with Crippen LogP contribution in [0.15, 0.2) is 12.3 Å². The standard InChI is InChI=1S/C24H43N3O4S/c1-16(2)13-19(14-20(28)27(31)17(3)4)22(29)26-21(23(30)25-7)24(5,6)32-15-18-11-9-8-10-12-18/h16,18-19,21,31H,3,8-15H2,1-2,4-7H3,(H,25,30)(H,26,29)/t19-,21+/m1/s1. The van der Waals surface area contributed by atoms with Crippen LogP contribution in [-0.4, -0.2) is 51.6 Å². The van der Waals surface area contributed by atoms with Crippen molar-refractivity contribution in [2.24, 2.45) is 17.8 Å². The van der Waals surface area contributed by atoms with Crippen LogP contribution in [0.5, 0.6) is 0 Å². The number of nitrogens with zero attached hydrogens (tertiary/aromatic N) is 1. The minimum absolute atomic E-state index is 0.149. The summed E-state index contributed by atoms with van der Waals surface area (Å²) in [6, 6.07) is -0.732. The zero-order valence-corrected chi connectivity index (χ0v) is 21.5. The molecule has 1 aliphatic carbocycles. The van der Waals surface area contributed by atoms with Crippen LogP contribution in [0.25, 0.3) is 0 Å². The summed E-state index contributed by atoms with van der Waals surface area (Å²) in [7, 11) is 1.56. The number of nitrogens with one attached hydrogen (secondary N) is 2. The Labute approximate surface area is 198 Å². The van der Waals surface area contributed by atoms with E-state index >= 15 is 0 Å². The molecule has 0 aromatic heterocycles. The molecule has 1 aliphatic rings. The van der Waals surface area contributed by atoms with Crippen molar-refractivity contribution < 1.29 is 19.6 Å². The molecule has 0 spiro atoms. The van der Waals surface area contributed by atoms with Gasteiger partial charge in [-0.1, -0.05) is 39.7 Å². The molecular formula is C24H43N3O4S. The molecule has 0 saturated heterocycles. The Morgan fingerprint density at radius 2 is 1.75 bits per heavy atom. The minimum atomic E-state index is -0.732. The maximum atomic E-state index is 13.2. The van der Waals surface area contributed by atoms with Crippen LogP contribution in [0.1, 0.15) is 79.6 Å². The van der Waals surface area contributed by atoms with Gasteiger partial charge in [0.05, 0.1) is 0 Å². The number of thioether (sulfide) groups is 1. The van der Waals surface area contributed by atoms with Gasteiger partial charge in [0.1, 0.15) is 6.04 Å². The van der Waals surface area contributed by atoms with Crippen molar-refractivity contribution >= 4 is 29.5 Å². The van der Waals surface area contributed by atoms with E-state index in [0.717, 1.165) is 5.75 Å². The second-order valence-electron chi connectivity index (χ2n) is 9.95. The lowest BCUT2D eigenvalue weighted by Gasteiger charge is -2.35. The lowest BCUT2D eigenvalue weighted by Crippen LogP contribution is -2.57. The van der Waals surface area contributed by atoms with Crippen molar-refractivity contribution in [2.45, 2.75) is 90.4 Å². The van der Waals surface area contributed by atoms with Crippen LogP contribution >= 0.6 is 11.8 Å². The van der Waals surface area contributed by atoms with Crippen molar-refractivity contribution in [1.82, 2.24) is 15.7 Å². The van der Waals surface area contributed by atoms with Gasteiger partial charge in [0.15, 0.2) is 0 Å². The third-order valence-electron chi connectivity index (χ3n) is 6.05. The van der Waals surface area contributed by atoms with Gasteiger partial charge in [-0.2, -0.15) is 16.8 Å². The highest BCUT2D eigenvalue weighted by Crippen LogP contribution is 2.35. The Balaban J connectivity index is 2.94. The molecule has 0 heterocycles. The molecule has 3 amide bonds. The van der Waals surface area contributed by atoms with Gasteiger partial charge >= 0.3 is 0 Å². The summed E-state index contributed by atoms with van der Waals surface area (Å²) in [6.45, 7) is 13.0. The second kappa shape index (κ2) is 13.2. The van der Waals surface area contributed by atoms with Crippen LogP contribution in [-0.2, 0) is 14.4 Å². The molecule has 0 radical (unpaired) electrons. The monoisotopic (exact) mass is 469 g/mol. The highest BCUT2D eigenvalue weighted by Gasteiger charge is 2.39. The van der Waals surface area contributed by atoms with E-state index in [0.29, 0.717) is 17.4 Å². The first-order chi connectivity index (χ1) is 14.9. The highest BCUT2D eigenvalue weighted by atomic mass is 32.2. The lowest BCUT2D eigenvalue weighted by atomic mass is 9.91. The average Bonchev–Trinajstić information content (AvgIpc) is 2.74. The van der Waals surface area contributed by atoms with Gasteiger partial charge in [0.2, 0.25) is 11.8 Å². The summed E-state index contributed by atoms with van der Waals surface area (Å²) in [5.74, 6) is -0.0475. The van der Waals surface area contributed by atoms with Gasteiger partial charge in [0.25, 0.3) is 5.91 Å². The molecule has 0 aromatic rings. The number of carbonyl (C=O) groups is 3. The number of rotatable bonds is 12. The van der Waals surface area contributed by atoms with Crippen LogP contribution in [0, 0.1) is 17.8 Å². The second-order valence-corrected chi connectivity index (χ2v) is 11.6. The predicted octanol–water partition coefficient (Wildman–Crippen LogP) is 4.11. The lowest BCUT2D eigenvalue weighted by molar-refractivity contribution is -0.159. The van der Waals surface area contributed by atoms with Gasteiger partial charge in [-0.3, -0.25) is 19.6 Å². The van der Waals surface area contributed by atoms with Gasteiger partial charge in [0, 0.05) is 29.8 Å². The summed E-state index contributed by atoms with van der Waals surface area (Å²) in [5, 5.41) is 16.0. The van der Waals surface area contributed by atoms with E-state index < -0.39 is 22.6 Å². The van der Waals surface area contributed by atoms with Gasteiger partial charge < -0.3 is 10.6 Å². The third-order valence-corrected chi connectivity index (χ3v) is 7.67. The smallest absolute Gasteiger partial charge is 0.251 e. The number of likely N-dealkylation sites (N-methyl/N-ethyl adjacent to an activating group) is 1. The van der Waals surface area contributed by atoms with E-state index in [1.165, 1.54) is 39.0 Å². The van der Waals surface area contributed by atoms with Gasteiger partial charge in [-0.15, -0.1) is 0 Å². The fraction of sp³-hybridized carbons (Fsp3) is 0.792. The van der Waals surface area contributed by atoms with Crippen molar-refractivity contribution in [1.29, 1.82) is 0 Å². The van der Waals surface area contributed by atoms with Gasteiger partial charge in [-0.25, -0.2) is 0 Å². The first kappa shape index (κ1) is 28.5. The topological polar surface area (TPSA) is 98.7 Å². The molecule has 8 heteroatoms. The molecule has 3 N–H and O–H groups in total. The zero-order chi connectivity index (χ0) is 24.5. The highest BCUT2D eigenvalue weighted by molar-refractivity contribution is 8.00. The van der Waals surface area contributed by atoms with Crippen LogP contribution < -0.4 is 10.6 Å². The SMILES string of the molecule is C=C(C)N(O)C(=O)C[C@@H](CC(C)C)C(=O)N[C@@H](C(=O)NC)C(C)(C)SCC1CCCCC1. The average molecular weight is 470 g/mol. The van der Waals surface area contributed by atoms with Crippen molar-refractivity contribution in [3.05, 3.63) is 12.3 Å². The first-order valence-electron chi connectivity index (χ1n) is 11.7. The number of allylic oxidation sites excluding steroid dienone is 1. The summed E-state index contributed by atoms with van der Waals surface area (Å²) in [4.78, 5) is 38.3. The molecule has 184 valence electrons. The number of amides is 3. The molecule has 1 saturated carbocycles. The maximum absolute atomic E-state index is 13.2. The zero-order valence-electron chi connectivity index (χ0n) is 20.7. The molecule has 2 atom stereocenters. The molecule has 0 aliphatic heterocycles. The Morgan fingerprint density at radius 1 is 1.16 bits per heavy atom. The first-order valence-corrected chi connectivity index (χ1v) is 12.7. The molecule has 0 aromatic carbocycles. The summed E-state index contributed by atoms with van der Waals surface area (Å²) >= 11 is 1.73. The third kappa shape index (κ3) is 9.14. The number of hydrogen-bond donors (Lipinski definition) is 3.